The molecule has 0 saturated heterocycles. The molecule has 15 heavy (non-hydrogen) atoms. The van der Waals surface area contributed by atoms with Crippen LogP contribution < -0.4 is 10.5 Å². The van der Waals surface area contributed by atoms with Crippen LogP contribution in [0.15, 0.2) is 42.6 Å². The smallest absolute Gasteiger partial charge is 0.111 e. The van der Waals surface area contributed by atoms with E-state index < -0.39 is 9.52 Å². The van der Waals surface area contributed by atoms with Crippen LogP contribution in [0, 0.1) is 13.8 Å². The number of benzene rings is 1. The second kappa shape index (κ2) is 4.40. The van der Waals surface area contributed by atoms with Crippen molar-refractivity contribution >= 4 is 20.0 Å². The van der Waals surface area contributed by atoms with Gasteiger partial charge >= 0.3 is 0 Å². The second-order valence-electron chi connectivity index (χ2n) is 3.86. The Morgan fingerprint density at radius 2 is 1.87 bits per heavy atom. The van der Waals surface area contributed by atoms with E-state index in [0.717, 1.165) is 0 Å². The summed E-state index contributed by atoms with van der Waals surface area (Å²) in [5, 5.41) is 2.78. The standard InChI is InChI=1S/C13H15NSi/c1-10-6-5-7-12(11(10)2)15-13-8-3-4-9-14-13/h3-9H,15H2,1-2H3. The molecule has 0 N–H and O–H groups in total. The molecule has 0 aliphatic carbocycles. The predicted molar refractivity (Wildman–Crippen MR) is 68.0 cm³/mol. The van der Waals surface area contributed by atoms with Crippen LogP contribution in [0.2, 0.25) is 0 Å². The second-order valence-corrected chi connectivity index (χ2v) is 5.70. The fourth-order valence-electron chi connectivity index (χ4n) is 1.70. The first-order valence-corrected chi connectivity index (χ1v) is 6.64. The SMILES string of the molecule is Cc1cccc([SiH2]c2ccccn2)c1C. The van der Waals surface area contributed by atoms with Crippen molar-refractivity contribution in [1.29, 1.82) is 0 Å². The van der Waals surface area contributed by atoms with Crippen molar-refractivity contribution in [2.45, 2.75) is 13.8 Å². The van der Waals surface area contributed by atoms with Crippen LogP contribution >= 0.6 is 0 Å². The number of rotatable bonds is 2. The van der Waals surface area contributed by atoms with Gasteiger partial charge in [-0.1, -0.05) is 29.5 Å². The van der Waals surface area contributed by atoms with Crippen LogP contribution in [0.5, 0.6) is 0 Å². The molecule has 2 heteroatoms. The molecule has 0 amide bonds. The molecule has 2 rings (SSSR count). The van der Waals surface area contributed by atoms with E-state index in [1.54, 1.807) is 0 Å². The lowest BCUT2D eigenvalue weighted by Gasteiger charge is -2.07. The first-order valence-electron chi connectivity index (χ1n) is 5.22. The lowest BCUT2D eigenvalue weighted by molar-refractivity contribution is 1.36. The van der Waals surface area contributed by atoms with Gasteiger partial charge in [0.2, 0.25) is 0 Å². The quantitative estimate of drug-likeness (QED) is 0.673. The highest BCUT2D eigenvalue weighted by atomic mass is 28.2. The summed E-state index contributed by atoms with van der Waals surface area (Å²) >= 11 is 0. The Kier molecular flexibility index (Phi) is 2.97. The van der Waals surface area contributed by atoms with Gasteiger partial charge in [-0.3, -0.25) is 4.98 Å². The minimum absolute atomic E-state index is 0.396. The summed E-state index contributed by atoms with van der Waals surface area (Å²) in [6.45, 7) is 4.38. The van der Waals surface area contributed by atoms with Crippen LogP contribution in [0.25, 0.3) is 0 Å². The number of aryl methyl sites for hydroxylation is 1. The van der Waals surface area contributed by atoms with E-state index in [9.17, 15) is 0 Å². The largest absolute Gasteiger partial charge is 0.266 e. The lowest BCUT2D eigenvalue weighted by Crippen LogP contribution is -2.31. The van der Waals surface area contributed by atoms with E-state index in [2.05, 4.69) is 49.2 Å². The summed E-state index contributed by atoms with van der Waals surface area (Å²) in [6.07, 6.45) is 1.88. The number of nitrogens with zero attached hydrogens (tertiary/aromatic N) is 1. The molecule has 0 unspecified atom stereocenters. The normalized spacial score (nSPS) is 11.1. The van der Waals surface area contributed by atoms with Gasteiger partial charge in [0.15, 0.2) is 0 Å². The third kappa shape index (κ3) is 2.33. The van der Waals surface area contributed by atoms with Crippen LogP contribution in [0.4, 0.5) is 0 Å². The van der Waals surface area contributed by atoms with Crippen molar-refractivity contribution in [1.82, 2.24) is 4.98 Å². The molecule has 0 aliphatic heterocycles. The van der Waals surface area contributed by atoms with E-state index in [-0.39, 0.29) is 0 Å². The van der Waals surface area contributed by atoms with Crippen LogP contribution in [0.3, 0.4) is 0 Å². The Morgan fingerprint density at radius 3 is 2.60 bits per heavy atom. The average Bonchev–Trinajstić information content (AvgIpc) is 2.26. The number of aromatic nitrogens is 1. The highest BCUT2D eigenvalue weighted by molar-refractivity contribution is 6.66. The number of hydrogen-bond donors (Lipinski definition) is 0. The molecule has 1 nitrogen and oxygen atoms in total. The Balaban J connectivity index is 2.29. The average molecular weight is 213 g/mol. The fraction of sp³-hybridized carbons (Fsp3) is 0.154. The zero-order valence-electron chi connectivity index (χ0n) is 9.20. The molecule has 0 fully saturated rings. The third-order valence-corrected chi connectivity index (χ3v) is 4.74. The van der Waals surface area contributed by atoms with Crippen molar-refractivity contribution < 1.29 is 0 Å². The summed E-state index contributed by atoms with van der Waals surface area (Å²) in [5.74, 6) is 0. The molecule has 76 valence electrons. The fourth-order valence-corrected chi connectivity index (χ4v) is 3.34. The maximum Gasteiger partial charge on any atom is 0.111 e. The molecule has 0 saturated carbocycles. The summed E-state index contributed by atoms with van der Waals surface area (Å²) in [4.78, 5) is 4.41. The van der Waals surface area contributed by atoms with Gasteiger partial charge in [0, 0.05) is 11.5 Å². The predicted octanol–water partition coefficient (Wildman–Crippen LogP) is 0.818. The molecule has 0 aliphatic rings. The Morgan fingerprint density at radius 1 is 1.00 bits per heavy atom. The van der Waals surface area contributed by atoms with E-state index in [1.165, 1.54) is 21.6 Å². The zero-order valence-corrected chi connectivity index (χ0v) is 10.6. The molecule has 0 radical (unpaired) electrons. The van der Waals surface area contributed by atoms with Gasteiger partial charge in [0.1, 0.15) is 9.52 Å². The van der Waals surface area contributed by atoms with E-state index in [1.807, 2.05) is 12.3 Å². The molecule has 1 heterocycles. The summed E-state index contributed by atoms with van der Waals surface area (Å²) < 4.78 is 0. The molecular weight excluding hydrogens is 198 g/mol. The Bertz CT molecular complexity index is 451. The minimum Gasteiger partial charge on any atom is -0.266 e. The van der Waals surface area contributed by atoms with Gasteiger partial charge in [-0.15, -0.1) is 0 Å². The van der Waals surface area contributed by atoms with Crippen LogP contribution in [-0.2, 0) is 0 Å². The van der Waals surface area contributed by atoms with E-state index >= 15 is 0 Å². The van der Waals surface area contributed by atoms with Crippen molar-refractivity contribution in [3.63, 3.8) is 0 Å². The molecule has 0 atom stereocenters. The Hall–Kier alpha value is -1.41. The van der Waals surface area contributed by atoms with Crippen LogP contribution in [0.1, 0.15) is 11.1 Å². The van der Waals surface area contributed by atoms with Crippen molar-refractivity contribution in [2.75, 3.05) is 0 Å². The van der Waals surface area contributed by atoms with Gasteiger partial charge in [0.05, 0.1) is 0 Å². The topological polar surface area (TPSA) is 12.9 Å². The van der Waals surface area contributed by atoms with Crippen LogP contribution in [-0.4, -0.2) is 14.5 Å². The maximum atomic E-state index is 4.41. The van der Waals surface area contributed by atoms with Crippen molar-refractivity contribution in [3.8, 4) is 0 Å². The lowest BCUT2D eigenvalue weighted by atomic mass is 10.1. The van der Waals surface area contributed by atoms with Gasteiger partial charge in [-0.2, -0.15) is 0 Å². The zero-order chi connectivity index (χ0) is 10.7. The molecule has 0 spiro atoms. The van der Waals surface area contributed by atoms with E-state index in [4.69, 9.17) is 0 Å². The monoisotopic (exact) mass is 213 g/mol. The summed E-state index contributed by atoms with van der Waals surface area (Å²) in [6, 6.07) is 12.7. The maximum absolute atomic E-state index is 4.41. The Labute approximate surface area is 93.0 Å². The number of hydrogen-bond acceptors (Lipinski definition) is 1. The highest BCUT2D eigenvalue weighted by Gasteiger charge is 2.02. The van der Waals surface area contributed by atoms with Gasteiger partial charge < -0.3 is 0 Å². The molecule has 2 aromatic rings. The van der Waals surface area contributed by atoms with E-state index in [0.29, 0.717) is 0 Å². The summed E-state index contributed by atoms with van der Waals surface area (Å²) in [7, 11) is -0.396. The third-order valence-electron chi connectivity index (χ3n) is 2.81. The van der Waals surface area contributed by atoms with Crippen molar-refractivity contribution in [3.05, 3.63) is 53.7 Å². The van der Waals surface area contributed by atoms with Gasteiger partial charge in [-0.05, 0) is 37.1 Å². The first kappa shape index (κ1) is 10.1. The molecule has 1 aromatic carbocycles. The molecule has 0 bridgehead atoms. The van der Waals surface area contributed by atoms with Crippen molar-refractivity contribution in [2.24, 2.45) is 0 Å². The summed E-state index contributed by atoms with van der Waals surface area (Å²) in [5.41, 5.74) is 2.82. The molecule has 1 aromatic heterocycles. The molecular formula is C13H15NSi. The number of pyridine rings is 1. The van der Waals surface area contributed by atoms with Gasteiger partial charge in [-0.25, -0.2) is 0 Å². The van der Waals surface area contributed by atoms with Gasteiger partial charge in [0.25, 0.3) is 0 Å². The highest BCUT2D eigenvalue weighted by Crippen LogP contribution is 2.01. The first-order chi connectivity index (χ1) is 7.27. The minimum atomic E-state index is -0.396.